The summed E-state index contributed by atoms with van der Waals surface area (Å²) in [5.41, 5.74) is 8.89. The third-order valence-electron chi connectivity index (χ3n) is 5.49. The fourth-order valence-corrected chi connectivity index (χ4v) is 4.03. The summed E-state index contributed by atoms with van der Waals surface area (Å²) in [6.45, 7) is 3.55. The highest BCUT2D eigenvalue weighted by molar-refractivity contribution is 5.98. The number of aryl methyl sites for hydroxylation is 1. The van der Waals surface area contributed by atoms with E-state index in [1.54, 1.807) is 35.5 Å². The predicted molar refractivity (Wildman–Crippen MR) is 112 cm³/mol. The lowest BCUT2D eigenvalue weighted by Gasteiger charge is -2.28. The van der Waals surface area contributed by atoms with Crippen LogP contribution >= 0.6 is 0 Å². The van der Waals surface area contributed by atoms with E-state index < -0.39 is 0 Å². The summed E-state index contributed by atoms with van der Waals surface area (Å²) >= 11 is 0. The van der Waals surface area contributed by atoms with E-state index in [1.807, 2.05) is 17.6 Å². The van der Waals surface area contributed by atoms with Crippen LogP contribution in [0.2, 0.25) is 0 Å². The second-order valence-corrected chi connectivity index (χ2v) is 7.44. The molecular weight excluding hydrogens is 382 g/mol. The zero-order valence-corrected chi connectivity index (χ0v) is 16.6. The van der Waals surface area contributed by atoms with Crippen molar-refractivity contribution in [2.75, 3.05) is 12.3 Å². The molecule has 0 aromatic carbocycles. The number of hydrogen-bond acceptors (Lipinski definition) is 6. The normalized spacial score (nSPS) is 13.7. The maximum atomic E-state index is 13.5. The van der Waals surface area contributed by atoms with E-state index in [-0.39, 0.29) is 17.4 Å². The minimum atomic E-state index is -0.177. The first-order chi connectivity index (χ1) is 14.6. The Morgan fingerprint density at radius 1 is 1.27 bits per heavy atom. The van der Waals surface area contributed by atoms with Crippen LogP contribution in [0.25, 0.3) is 16.7 Å². The van der Waals surface area contributed by atoms with Crippen molar-refractivity contribution in [2.45, 2.75) is 32.9 Å². The molecule has 4 aromatic rings. The van der Waals surface area contributed by atoms with Gasteiger partial charge in [0.2, 0.25) is 5.95 Å². The van der Waals surface area contributed by atoms with Crippen LogP contribution in [-0.2, 0) is 19.5 Å². The van der Waals surface area contributed by atoms with Crippen LogP contribution in [-0.4, -0.2) is 41.3 Å². The summed E-state index contributed by atoms with van der Waals surface area (Å²) in [5, 5.41) is 0.444. The Bertz CT molecular complexity index is 1350. The maximum absolute atomic E-state index is 13.5. The Kier molecular flexibility index (Phi) is 4.23. The maximum Gasteiger partial charge on any atom is 0.270 e. The van der Waals surface area contributed by atoms with Crippen molar-refractivity contribution >= 4 is 28.5 Å². The molecule has 0 unspecified atom stereocenters. The molecule has 152 valence electrons. The molecule has 0 fully saturated rings. The fraction of sp³-hybridized carbons (Fsp3) is 0.286. The lowest BCUT2D eigenvalue weighted by molar-refractivity contribution is 0.0721. The first kappa shape index (κ1) is 18.3. The van der Waals surface area contributed by atoms with Crippen molar-refractivity contribution in [2.24, 2.45) is 0 Å². The lowest BCUT2D eigenvalue weighted by atomic mass is 10.1. The van der Waals surface area contributed by atoms with Crippen LogP contribution in [0.15, 0.2) is 41.5 Å². The van der Waals surface area contributed by atoms with Crippen molar-refractivity contribution < 1.29 is 4.79 Å². The van der Waals surface area contributed by atoms with E-state index in [0.717, 1.165) is 17.7 Å². The quantitative estimate of drug-likeness (QED) is 0.557. The van der Waals surface area contributed by atoms with Gasteiger partial charge in [0.05, 0.1) is 17.6 Å². The smallest absolute Gasteiger partial charge is 0.270 e. The Morgan fingerprint density at radius 3 is 2.97 bits per heavy atom. The number of pyridine rings is 1. The number of carbonyl (C=O) groups excluding carboxylic acids is 1. The third kappa shape index (κ3) is 2.81. The first-order valence-corrected chi connectivity index (χ1v) is 9.97. The van der Waals surface area contributed by atoms with Crippen LogP contribution in [0, 0.1) is 0 Å². The minimum Gasteiger partial charge on any atom is -0.368 e. The van der Waals surface area contributed by atoms with E-state index >= 15 is 0 Å². The number of anilines is 1. The molecule has 1 aliphatic rings. The molecule has 9 heteroatoms. The number of nitrogens with zero attached hydrogens (tertiary/aromatic N) is 6. The van der Waals surface area contributed by atoms with Crippen LogP contribution in [0.4, 0.5) is 5.95 Å². The molecule has 0 saturated heterocycles. The molecule has 0 bridgehead atoms. The van der Waals surface area contributed by atoms with Gasteiger partial charge in [-0.15, -0.1) is 0 Å². The highest BCUT2D eigenvalue weighted by Crippen LogP contribution is 2.23. The van der Waals surface area contributed by atoms with Crippen LogP contribution in [0.3, 0.4) is 0 Å². The number of aromatic nitrogens is 5. The summed E-state index contributed by atoms with van der Waals surface area (Å²) in [5.74, 6) is 0.0600. The van der Waals surface area contributed by atoms with Crippen LogP contribution in [0.1, 0.15) is 35.1 Å². The van der Waals surface area contributed by atoms with Crippen LogP contribution < -0.4 is 11.3 Å². The molecule has 0 radical (unpaired) electrons. The molecule has 5 heterocycles. The molecular formula is C21H21N7O2. The van der Waals surface area contributed by atoms with E-state index in [9.17, 15) is 9.59 Å². The largest absolute Gasteiger partial charge is 0.368 e. The second-order valence-electron chi connectivity index (χ2n) is 7.44. The van der Waals surface area contributed by atoms with Crippen molar-refractivity contribution in [1.82, 2.24) is 28.8 Å². The molecule has 5 rings (SSSR count). The molecule has 4 aromatic heterocycles. The molecule has 2 N–H and O–H groups in total. The Labute approximate surface area is 171 Å². The van der Waals surface area contributed by atoms with Gasteiger partial charge >= 0.3 is 0 Å². The fourth-order valence-electron chi connectivity index (χ4n) is 4.03. The zero-order chi connectivity index (χ0) is 20.8. The van der Waals surface area contributed by atoms with Crippen molar-refractivity contribution in [3.8, 4) is 0 Å². The second kappa shape index (κ2) is 6.94. The Morgan fingerprint density at radius 2 is 2.13 bits per heavy atom. The lowest BCUT2D eigenvalue weighted by Crippen LogP contribution is -2.37. The monoisotopic (exact) mass is 403 g/mol. The summed E-state index contributed by atoms with van der Waals surface area (Å²) in [4.78, 5) is 41.2. The number of rotatable bonds is 3. The summed E-state index contributed by atoms with van der Waals surface area (Å²) < 4.78 is 3.36. The van der Waals surface area contributed by atoms with Gasteiger partial charge in [-0.05, 0) is 36.6 Å². The number of nitrogen functional groups attached to an aromatic ring is 1. The van der Waals surface area contributed by atoms with Crippen LogP contribution in [0.5, 0.6) is 0 Å². The van der Waals surface area contributed by atoms with E-state index in [0.29, 0.717) is 48.4 Å². The predicted octanol–water partition coefficient (Wildman–Crippen LogP) is 1.63. The standard InChI is InChI=1S/C21H21N7O2/c1-2-7-27-16(10-14-18(27)25-17-5-3-4-8-28(17)19(14)29)20(30)26-9-6-13-11-23-21(22)24-15(13)12-26/h3-5,8,10-11H,2,6-7,9,12H2,1H3,(H2,22,23,24). The van der Waals surface area contributed by atoms with E-state index in [2.05, 4.69) is 15.0 Å². The average molecular weight is 403 g/mol. The van der Waals surface area contributed by atoms with Gasteiger partial charge in [0.25, 0.3) is 11.5 Å². The van der Waals surface area contributed by atoms with E-state index in [4.69, 9.17) is 5.73 Å². The zero-order valence-electron chi connectivity index (χ0n) is 16.6. The summed E-state index contributed by atoms with van der Waals surface area (Å²) in [6.07, 6.45) is 4.89. The molecule has 0 aliphatic carbocycles. The number of fused-ring (bicyclic) bond motifs is 3. The van der Waals surface area contributed by atoms with E-state index in [1.165, 1.54) is 4.40 Å². The van der Waals surface area contributed by atoms with Gasteiger partial charge in [-0.2, -0.15) is 0 Å². The summed E-state index contributed by atoms with van der Waals surface area (Å²) in [6, 6.07) is 7.09. The van der Waals surface area contributed by atoms with Gasteiger partial charge in [-0.3, -0.25) is 14.0 Å². The molecule has 0 spiro atoms. The van der Waals surface area contributed by atoms with Gasteiger partial charge in [0, 0.05) is 25.5 Å². The number of nitrogens with two attached hydrogens (primary N) is 1. The average Bonchev–Trinajstić information content (AvgIpc) is 3.12. The summed E-state index contributed by atoms with van der Waals surface area (Å²) in [7, 11) is 0. The highest BCUT2D eigenvalue weighted by atomic mass is 16.2. The van der Waals surface area contributed by atoms with Gasteiger partial charge in [0.1, 0.15) is 17.0 Å². The molecule has 1 amide bonds. The molecule has 1 aliphatic heterocycles. The van der Waals surface area contributed by atoms with Gasteiger partial charge in [-0.25, -0.2) is 15.0 Å². The van der Waals surface area contributed by atoms with Crippen molar-refractivity contribution in [3.63, 3.8) is 0 Å². The third-order valence-corrected chi connectivity index (χ3v) is 5.49. The van der Waals surface area contributed by atoms with Crippen molar-refractivity contribution in [3.05, 3.63) is 64.0 Å². The minimum absolute atomic E-state index is 0.141. The van der Waals surface area contributed by atoms with Gasteiger partial charge < -0.3 is 15.2 Å². The highest BCUT2D eigenvalue weighted by Gasteiger charge is 2.27. The Hall–Kier alpha value is -3.75. The van der Waals surface area contributed by atoms with Gasteiger partial charge in [0.15, 0.2) is 0 Å². The first-order valence-electron chi connectivity index (χ1n) is 9.97. The molecule has 0 saturated carbocycles. The molecule has 9 nitrogen and oxygen atoms in total. The van der Waals surface area contributed by atoms with Gasteiger partial charge in [-0.1, -0.05) is 13.0 Å². The number of amides is 1. The SMILES string of the molecule is CCCn1c(C(=O)N2CCc3cnc(N)nc3C2)cc2c(=O)n3ccccc3nc21. The Balaban J connectivity index is 1.62. The molecule has 0 atom stereocenters. The number of hydrogen-bond donors (Lipinski definition) is 1. The molecule has 30 heavy (non-hydrogen) atoms. The van der Waals surface area contributed by atoms with Crippen molar-refractivity contribution in [1.29, 1.82) is 0 Å². The topological polar surface area (TPSA) is 111 Å². The number of carbonyl (C=O) groups is 1.